The summed E-state index contributed by atoms with van der Waals surface area (Å²) in [5.41, 5.74) is 3.98. The molecule has 0 saturated carbocycles. The first-order chi connectivity index (χ1) is 13.0. The van der Waals surface area contributed by atoms with Gasteiger partial charge in [-0.1, -0.05) is 12.1 Å². The normalized spacial score (nSPS) is 18.0. The van der Waals surface area contributed by atoms with Gasteiger partial charge in [-0.2, -0.15) is 0 Å². The molecule has 1 heterocycles. The van der Waals surface area contributed by atoms with E-state index in [1.54, 1.807) is 26.4 Å². The second kappa shape index (κ2) is 9.89. The van der Waals surface area contributed by atoms with Crippen LogP contribution in [0.1, 0.15) is 35.6 Å². The maximum Gasteiger partial charge on any atom is 0.269 e. The second-order valence-corrected chi connectivity index (χ2v) is 7.12. The van der Waals surface area contributed by atoms with Gasteiger partial charge in [-0.05, 0) is 36.1 Å². The monoisotopic (exact) mass is 450 g/mol. The Morgan fingerprint density at radius 3 is 2.39 bits per heavy atom. The van der Waals surface area contributed by atoms with Crippen molar-refractivity contribution in [3.63, 3.8) is 0 Å². The Morgan fingerprint density at radius 2 is 1.79 bits per heavy atom. The number of ether oxygens (including phenoxy) is 2. The van der Waals surface area contributed by atoms with Crippen LogP contribution in [0.25, 0.3) is 0 Å². The van der Waals surface area contributed by atoms with Crippen LogP contribution in [0.3, 0.4) is 0 Å². The fourth-order valence-corrected chi connectivity index (χ4v) is 3.95. The third-order valence-electron chi connectivity index (χ3n) is 5.51. The number of quaternary nitrogens is 1. The number of likely N-dealkylation sites (N-methyl/N-ethyl adjacent to an activating group) is 1. The molecule has 7 heteroatoms. The molecule has 0 spiro atoms. The van der Waals surface area contributed by atoms with Gasteiger partial charge in [0, 0.05) is 30.5 Å². The van der Waals surface area contributed by atoms with E-state index in [1.807, 2.05) is 12.1 Å². The number of nitro benzene ring substituents is 1. The molecule has 0 aliphatic carbocycles. The number of nitrogens with zero attached hydrogens (tertiary/aromatic N) is 1. The zero-order valence-electron chi connectivity index (χ0n) is 16.5. The van der Waals surface area contributed by atoms with Crippen molar-refractivity contribution in [2.24, 2.45) is 0 Å². The molecule has 2 aromatic rings. The minimum atomic E-state index is -0.358. The summed E-state index contributed by atoms with van der Waals surface area (Å²) in [5.74, 6) is 1.58. The van der Waals surface area contributed by atoms with Gasteiger partial charge in [0.25, 0.3) is 5.69 Å². The number of halogens is 1. The Bertz CT molecular complexity index is 811. The maximum atomic E-state index is 10.8. The van der Waals surface area contributed by atoms with Gasteiger partial charge in [0.15, 0.2) is 11.5 Å². The van der Waals surface area contributed by atoms with Crippen molar-refractivity contribution in [3.8, 4) is 11.5 Å². The molecule has 0 saturated heterocycles. The number of methoxy groups -OCH3 is 2. The summed E-state index contributed by atoms with van der Waals surface area (Å²) in [7, 11) is 5.59. The highest BCUT2D eigenvalue weighted by atomic mass is 79.9. The smallest absolute Gasteiger partial charge is 0.269 e. The molecule has 1 aliphatic rings. The van der Waals surface area contributed by atoms with Gasteiger partial charge in [0.1, 0.15) is 6.04 Å². The van der Waals surface area contributed by atoms with Crippen molar-refractivity contribution in [1.82, 2.24) is 0 Å². The highest BCUT2D eigenvalue weighted by Crippen LogP contribution is 2.35. The molecule has 0 bridgehead atoms. The Labute approximate surface area is 176 Å². The summed E-state index contributed by atoms with van der Waals surface area (Å²) in [6, 6.07) is 11.6. The molecular weight excluding hydrogens is 424 g/mol. The van der Waals surface area contributed by atoms with Crippen molar-refractivity contribution in [3.05, 3.63) is 63.2 Å². The average molecular weight is 451 g/mol. The number of hydrogen-bond acceptors (Lipinski definition) is 4. The van der Waals surface area contributed by atoms with Crippen molar-refractivity contribution < 1.29 is 36.3 Å². The molecule has 2 aromatic carbocycles. The number of nitrogens with one attached hydrogen (secondary N) is 1. The zero-order chi connectivity index (χ0) is 19.4. The number of rotatable bonds is 7. The average Bonchev–Trinajstić information content (AvgIpc) is 2.69. The van der Waals surface area contributed by atoms with Gasteiger partial charge >= 0.3 is 0 Å². The van der Waals surface area contributed by atoms with Gasteiger partial charge in [-0.25, -0.2) is 0 Å². The molecule has 152 valence electrons. The maximum absolute atomic E-state index is 10.8. The Hall–Kier alpha value is -2.12. The standard InChI is InChI=1S/C21H26N2O4.BrH/c1-22-12-11-16-13-20(26-2)21(27-3)14-18(16)19(22)6-4-5-15-7-9-17(10-8-15)23(24)25;/h7-10,13-14,19H,4-6,11-12H2,1-3H3;1H. The van der Waals surface area contributed by atoms with Crippen LogP contribution < -0.4 is 31.4 Å². The van der Waals surface area contributed by atoms with Gasteiger partial charge in [0.2, 0.25) is 0 Å². The molecule has 2 unspecified atom stereocenters. The molecule has 2 atom stereocenters. The minimum absolute atomic E-state index is 0. The molecule has 1 aliphatic heterocycles. The third-order valence-corrected chi connectivity index (χ3v) is 5.51. The first kappa shape index (κ1) is 22.2. The van der Waals surface area contributed by atoms with E-state index in [1.165, 1.54) is 16.0 Å². The predicted molar refractivity (Wildman–Crippen MR) is 104 cm³/mol. The summed E-state index contributed by atoms with van der Waals surface area (Å²) < 4.78 is 11.0. The topological polar surface area (TPSA) is 66.0 Å². The summed E-state index contributed by atoms with van der Waals surface area (Å²) in [6.45, 7) is 1.10. The van der Waals surface area contributed by atoms with Gasteiger partial charge in [-0.3, -0.25) is 10.1 Å². The molecule has 0 aromatic heterocycles. The van der Waals surface area contributed by atoms with Crippen LogP contribution in [0.4, 0.5) is 5.69 Å². The fraction of sp³-hybridized carbons (Fsp3) is 0.429. The Kier molecular flexibility index (Phi) is 7.83. The first-order valence-electron chi connectivity index (χ1n) is 9.34. The number of non-ortho nitro benzene ring substituents is 1. The third kappa shape index (κ3) is 4.83. The number of nitro groups is 1. The minimum Gasteiger partial charge on any atom is -1.00 e. The van der Waals surface area contributed by atoms with E-state index in [2.05, 4.69) is 19.2 Å². The van der Waals surface area contributed by atoms with Crippen LogP contribution in [0.2, 0.25) is 0 Å². The molecule has 0 fully saturated rings. The number of aryl methyl sites for hydroxylation is 1. The Balaban J connectivity index is 0.00000280. The second-order valence-electron chi connectivity index (χ2n) is 7.12. The van der Waals surface area contributed by atoms with Crippen molar-refractivity contribution in [2.75, 3.05) is 27.8 Å². The lowest BCUT2D eigenvalue weighted by Gasteiger charge is -2.32. The van der Waals surface area contributed by atoms with E-state index in [-0.39, 0.29) is 27.6 Å². The van der Waals surface area contributed by atoms with Crippen LogP contribution in [-0.4, -0.2) is 32.7 Å². The lowest BCUT2D eigenvalue weighted by atomic mass is 9.89. The molecular formula is C21H27BrN2O4. The van der Waals surface area contributed by atoms with Gasteiger partial charge in [0.05, 0.1) is 32.7 Å². The predicted octanol–water partition coefficient (Wildman–Crippen LogP) is -0.249. The van der Waals surface area contributed by atoms with Crippen LogP contribution in [0.5, 0.6) is 11.5 Å². The Morgan fingerprint density at radius 1 is 1.14 bits per heavy atom. The van der Waals surface area contributed by atoms with E-state index < -0.39 is 0 Å². The molecule has 0 amide bonds. The van der Waals surface area contributed by atoms with Crippen LogP contribution in [0, 0.1) is 10.1 Å². The fourth-order valence-electron chi connectivity index (χ4n) is 3.95. The van der Waals surface area contributed by atoms with Gasteiger partial charge < -0.3 is 31.4 Å². The number of fused-ring (bicyclic) bond motifs is 1. The molecule has 28 heavy (non-hydrogen) atoms. The molecule has 1 N–H and O–H groups in total. The van der Waals surface area contributed by atoms with Crippen LogP contribution >= 0.6 is 0 Å². The quantitative estimate of drug-likeness (QED) is 0.466. The van der Waals surface area contributed by atoms with E-state index in [9.17, 15) is 10.1 Å². The number of benzene rings is 2. The van der Waals surface area contributed by atoms with E-state index in [0.717, 1.165) is 49.3 Å². The summed E-state index contributed by atoms with van der Waals surface area (Å²) >= 11 is 0. The number of hydrogen-bond donors (Lipinski definition) is 1. The van der Waals surface area contributed by atoms with Crippen molar-refractivity contribution >= 4 is 5.69 Å². The highest BCUT2D eigenvalue weighted by Gasteiger charge is 2.29. The summed E-state index contributed by atoms with van der Waals surface area (Å²) in [4.78, 5) is 11.9. The van der Waals surface area contributed by atoms with Crippen LogP contribution in [0.15, 0.2) is 36.4 Å². The SMILES string of the molecule is COc1cc2c(cc1OC)C(CCCc1ccc([N+](=O)[O-])cc1)[NH+](C)CC2.[Br-]. The lowest BCUT2D eigenvalue weighted by Crippen LogP contribution is -3.10. The van der Waals surface area contributed by atoms with Crippen molar-refractivity contribution in [2.45, 2.75) is 31.7 Å². The van der Waals surface area contributed by atoms with E-state index in [4.69, 9.17) is 9.47 Å². The largest absolute Gasteiger partial charge is 1.00 e. The summed E-state index contributed by atoms with van der Waals surface area (Å²) in [5, 5.41) is 10.8. The van der Waals surface area contributed by atoms with Crippen LogP contribution in [-0.2, 0) is 12.8 Å². The van der Waals surface area contributed by atoms with Gasteiger partial charge in [-0.15, -0.1) is 0 Å². The van der Waals surface area contributed by atoms with E-state index >= 15 is 0 Å². The zero-order valence-corrected chi connectivity index (χ0v) is 18.1. The molecule has 3 rings (SSSR count). The summed E-state index contributed by atoms with van der Waals surface area (Å²) in [6.07, 6.45) is 4.06. The van der Waals surface area contributed by atoms with Crippen molar-refractivity contribution in [1.29, 1.82) is 0 Å². The first-order valence-corrected chi connectivity index (χ1v) is 9.34. The highest BCUT2D eigenvalue weighted by molar-refractivity contribution is 5.48. The lowest BCUT2D eigenvalue weighted by molar-refractivity contribution is -0.915. The molecule has 0 radical (unpaired) electrons. The molecule has 6 nitrogen and oxygen atoms in total. The van der Waals surface area contributed by atoms with E-state index in [0.29, 0.717) is 6.04 Å².